The van der Waals surface area contributed by atoms with Crippen LogP contribution in [-0.2, 0) is 20.7 Å². The zero-order chi connectivity index (χ0) is 21.0. The second-order valence-electron chi connectivity index (χ2n) is 6.30. The molecule has 0 aliphatic carbocycles. The Kier molecular flexibility index (Phi) is 5.68. The lowest BCUT2D eigenvalue weighted by atomic mass is 10.1. The van der Waals surface area contributed by atoms with Gasteiger partial charge in [0.05, 0.1) is 22.7 Å². The Bertz CT molecular complexity index is 1040. The summed E-state index contributed by atoms with van der Waals surface area (Å²) in [7, 11) is 0. The summed E-state index contributed by atoms with van der Waals surface area (Å²) in [5, 5.41) is 15.4. The molecule has 1 atom stereocenters. The summed E-state index contributed by atoms with van der Waals surface area (Å²) >= 11 is 0. The highest BCUT2D eigenvalue weighted by Gasteiger charge is 2.20. The molecule has 0 saturated heterocycles. The number of carbonyl (C=O) groups is 2. The Morgan fingerprint density at radius 3 is 2.41 bits per heavy atom. The fraction of sp³-hybridized carbons (Fsp3) is 0.150. The van der Waals surface area contributed by atoms with Crippen molar-refractivity contribution in [2.24, 2.45) is 5.73 Å². The summed E-state index contributed by atoms with van der Waals surface area (Å²) in [6, 6.07) is 15.1. The Labute approximate surface area is 165 Å². The molecular formula is C20H18N4O5. The van der Waals surface area contributed by atoms with Crippen LogP contribution in [0.15, 0.2) is 60.8 Å². The molecule has 0 saturated carbocycles. The predicted octanol–water partition coefficient (Wildman–Crippen LogP) is 2.41. The third kappa shape index (κ3) is 4.64. The number of nitrogens with zero attached hydrogens (tertiary/aromatic N) is 3. The van der Waals surface area contributed by atoms with Crippen molar-refractivity contribution < 1.29 is 19.2 Å². The number of hydrogen-bond donors (Lipinski definition) is 1. The topological polar surface area (TPSA) is 130 Å². The minimum absolute atomic E-state index is 0.0486. The van der Waals surface area contributed by atoms with Crippen LogP contribution in [0.3, 0.4) is 0 Å². The average molecular weight is 394 g/mol. The van der Waals surface area contributed by atoms with Gasteiger partial charge in [-0.1, -0.05) is 18.2 Å². The van der Waals surface area contributed by atoms with E-state index in [1.54, 1.807) is 23.0 Å². The number of carbonyl (C=O) groups excluding carboxylic acids is 2. The van der Waals surface area contributed by atoms with E-state index in [2.05, 4.69) is 5.10 Å². The molecule has 148 valence electrons. The molecule has 1 amide bonds. The number of nitro benzene ring substituents is 1. The number of benzene rings is 2. The van der Waals surface area contributed by atoms with Crippen molar-refractivity contribution in [2.75, 3.05) is 0 Å². The van der Waals surface area contributed by atoms with Gasteiger partial charge in [0.25, 0.3) is 11.6 Å². The summed E-state index contributed by atoms with van der Waals surface area (Å²) in [5.74, 6) is -1.37. The first-order valence-electron chi connectivity index (χ1n) is 8.72. The number of non-ortho nitro benzene ring substituents is 1. The molecule has 3 rings (SSSR count). The fourth-order valence-corrected chi connectivity index (χ4v) is 2.69. The number of amides is 1. The minimum atomic E-state index is -1.05. The summed E-state index contributed by atoms with van der Waals surface area (Å²) < 4.78 is 6.64. The van der Waals surface area contributed by atoms with E-state index in [0.717, 1.165) is 5.69 Å². The molecular weight excluding hydrogens is 376 g/mol. The molecule has 2 aromatic carbocycles. The SMILES string of the molecule is C[C@@H](OC(=O)Cc1cn(-c2ccccc2)nc1-c1ccc([N+](=O)[O-])cc1)C(N)=O. The van der Waals surface area contributed by atoms with E-state index in [1.165, 1.54) is 19.1 Å². The van der Waals surface area contributed by atoms with Crippen molar-refractivity contribution in [3.05, 3.63) is 76.5 Å². The Balaban J connectivity index is 1.96. The summed E-state index contributed by atoms with van der Waals surface area (Å²) in [6.45, 7) is 1.39. The van der Waals surface area contributed by atoms with Gasteiger partial charge in [0.2, 0.25) is 0 Å². The Morgan fingerprint density at radius 2 is 1.83 bits per heavy atom. The number of nitro groups is 1. The van der Waals surface area contributed by atoms with E-state index in [-0.39, 0.29) is 12.1 Å². The molecule has 0 radical (unpaired) electrons. The highest BCUT2D eigenvalue weighted by atomic mass is 16.6. The van der Waals surface area contributed by atoms with E-state index in [1.807, 2.05) is 30.3 Å². The third-order valence-electron chi connectivity index (χ3n) is 4.21. The third-order valence-corrected chi connectivity index (χ3v) is 4.21. The second kappa shape index (κ2) is 8.34. The zero-order valence-corrected chi connectivity index (χ0v) is 15.5. The van der Waals surface area contributed by atoms with Gasteiger partial charge in [-0.3, -0.25) is 19.7 Å². The zero-order valence-electron chi connectivity index (χ0n) is 15.5. The number of hydrogen-bond acceptors (Lipinski definition) is 6. The van der Waals surface area contributed by atoms with Gasteiger partial charge < -0.3 is 10.5 Å². The van der Waals surface area contributed by atoms with Crippen molar-refractivity contribution >= 4 is 17.6 Å². The molecule has 1 heterocycles. The molecule has 29 heavy (non-hydrogen) atoms. The van der Waals surface area contributed by atoms with Crippen LogP contribution in [0, 0.1) is 10.1 Å². The van der Waals surface area contributed by atoms with Crippen LogP contribution in [0.25, 0.3) is 16.9 Å². The van der Waals surface area contributed by atoms with Crippen molar-refractivity contribution in [2.45, 2.75) is 19.4 Å². The molecule has 0 unspecified atom stereocenters. The summed E-state index contributed by atoms with van der Waals surface area (Å²) in [6.07, 6.45) is 0.494. The Hall–Kier alpha value is -4.01. The van der Waals surface area contributed by atoms with E-state index in [4.69, 9.17) is 10.5 Å². The molecule has 9 heteroatoms. The lowest BCUT2D eigenvalue weighted by Crippen LogP contribution is -2.30. The minimum Gasteiger partial charge on any atom is -0.452 e. The molecule has 0 spiro atoms. The van der Waals surface area contributed by atoms with E-state index in [0.29, 0.717) is 16.8 Å². The molecule has 0 aliphatic rings. The van der Waals surface area contributed by atoms with Gasteiger partial charge in [-0.25, -0.2) is 4.68 Å². The van der Waals surface area contributed by atoms with Crippen LogP contribution in [0.4, 0.5) is 5.69 Å². The van der Waals surface area contributed by atoms with Gasteiger partial charge >= 0.3 is 5.97 Å². The van der Waals surface area contributed by atoms with E-state index < -0.39 is 22.9 Å². The molecule has 0 bridgehead atoms. The number of nitrogens with two attached hydrogens (primary N) is 1. The number of ether oxygens (including phenoxy) is 1. The molecule has 2 N–H and O–H groups in total. The van der Waals surface area contributed by atoms with Crippen molar-refractivity contribution in [3.63, 3.8) is 0 Å². The van der Waals surface area contributed by atoms with Crippen molar-refractivity contribution in [3.8, 4) is 16.9 Å². The smallest absolute Gasteiger partial charge is 0.311 e. The average Bonchev–Trinajstić information content (AvgIpc) is 3.12. The van der Waals surface area contributed by atoms with Crippen LogP contribution >= 0.6 is 0 Å². The molecule has 0 aliphatic heterocycles. The van der Waals surface area contributed by atoms with E-state index >= 15 is 0 Å². The normalized spacial score (nSPS) is 11.6. The van der Waals surface area contributed by atoms with Crippen LogP contribution < -0.4 is 5.73 Å². The van der Waals surface area contributed by atoms with Crippen LogP contribution in [0.5, 0.6) is 0 Å². The molecule has 9 nitrogen and oxygen atoms in total. The number of esters is 1. The second-order valence-corrected chi connectivity index (χ2v) is 6.30. The highest BCUT2D eigenvalue weighted by molar-refractivity contribution is 5.83. The maximum absolute atomic E-state index is 12.2. The lowest BCUT2D eigenvalue weighted by Gasteiger charge is -2.09. The standard InChI is InChI=1S/C20H18N4O5/c1-13(20(21)26)29-18(25)11-15-12-23(16-5-3-2-4-6-16)22-19(15)14-7-9-17(10-8-14)24(27)28/h2-10,12-13H,11H2,1H3,(H2,21,26)/t13-/m1/s1. The van der Waals surface area contributed by atoms with Crippen LogP contribution in [0.1, 0.15) is 12.5 Å². The first-order valence-corrected chi connectivity index (χ1v) is 8.72. The van der Waals surface area contributed by atoms with Crippen molar-refractivity contribution in [1.82, 2.24) is 9.78 Å². The molecule has 1 aromatic heterocycles. The van der Waals surface area contributed by atoms with E-state index in [9.17, 15) is 19.7 Å². The number of para-hydroxylation sites is 1. The number of primary amides is 1. The molecule has 0 fully saturated rings. The van der Waals surface area contributed by atoms with Gasteiger partial charge in [0.1, 0.15) is 0 Å². The monoisotopic (exact) mass is 394 g/mol. The fourth-order valence-electron chi connectivity index (χ4n) is 2.69. The highest BCUT2D eigenvalue weighted by Crippen LogP contribution is 2.26. The number of aromatic nitrogens is 2. The van der Waals surface area contributed by atoms with Crippen LogP contribution in [0.2, 0.25) is 0 Å². The van der Waals surface area contributed by atoms with Crippen molar-refractivity contribution in [1.29, 1.82) is 0 Å². The maximum atomic E-state index is 12.2. The van der Waals surface area contributed by atoms with Gasteiger partial charge in [0.15, 0.2) is 6.10 Å². The van der Waals surface area contributed by atoms with Gasteiger partial charge in [-0.05, 0) is 31.2 Å². The largest absolute Gasteiger partial charge is 0.452 e. The first-order chi connectivity index (χ1) is 13.8. The predicted molar refractivity (Wildman–Crippen MR) is 104 cm³/mol. The van der Waals surface area contributed by atoms with Gasteiger partial charge in [-0.2, -0.15) is 5.10 Å². The quantitative estimate of drug-likeness (QED) is 0.372. The lowest BCUT2D eigenvalue weighted by molar-refractivity contribution is -0.384. The number of rotatable bonds is 7. The maximum Gasteiger partial charge on any atom is 0.311 e. The summed E-state index contributed by atoms with van der Waals surface area (Å²) in [5.41, 5.74) is 7.49. The van der Waals surface area contributed by atoms with Crippen LogP contribution in [-0.4, -0.2) is 32.7 Å². The first kappa shape index (κ1) is 19.7. The summed E-state index contributed by atoms with van der Waals surface area (Å²) in [4.78, 5) is 33.8. The van der Waals surface area contributed by atoms with Gasteiger partial charge in [0, 0.05) is 29.5 Å². The van der Waals surface area contributed by atoms with Gasteiger partial charge in [-0.15, -0.1) is 0 Å². The molecule has 3 aromatic rings. The Morgan fingerprint density at radius 1 is 1.17 bits per heavy atom.